The molecule has 0 spiro atoms. The van der Waals surface area contributed by atoms with Gasteiger partial charge in [0.15, 0.2) is 0 Å². The van der Waals surface area contributed by atoms with Gasteiger partial charge in [-0.3, -0.25) is 0 Å². The SMILES string of the molecule is CN(c1cccc(O)c1)c1cc(N)ccn1. The summed E-state index contributed by atoms with van der Waals surface area (Å²) in [6.07, 6.45) is 1.66. The van der Waals surface area contributed by atoms with Crippen LogP contribution in [0.1, 0.15) is 0 Å². The summed E-state index contributed by atoms with van der Waals surface area (Å²) in [6, 6.07) is 10.5. The lowest BCUT2D eigenvalue weighted by atomic mass is 10.2. The van der Waals surface area contributed by atoms with Crippen LogP contribution in [-0.4, -0.2) is 17.1 Å². The van der Waals surface area contributed by atoms with Gasteiger partial charge in [-0.1, -0.05) is 6.07 Å². The molecular weight excluding hydrogens is 202 g/mol. The second-order valence-electron chi connectivity index (χ2n) is 3.53. The van der Waals surface area contributed by atoms with Gasteiger partial charge in [0.25, 0.3) is 0 Å². The van der Waals surface area contributed by atoms with Crippen LogP contribution in [0, 0.1) is 0 Å². The van der Waals surface area contributed by atoms with Crippen LogP contribution in [0.2, 0.25) is 0 Å². The number of hydrogen-bond acceptors (Lipinski definition) is 4. The van der Waals surface area contributed by atoms with E-state index < -0.39 is 0 Å². The number of phenols is 1. The molecule has 4 heteroatoms. The third-order valence-electron chi connectivity index (χ3n) is 2.33. The lowest BCUT2D eigenvalue weighted by Gasteiger charge is -2.18. The molecule has 0 amide bonds. The number of benzene rings is 1. The minimum absolute atomic E-state index is 0.230. The van der Waals surface area contributed by atoms with E-state index in [0.29, 0.717) is 5.69 Å². The maximum Gasteiger partial charge on any atom is 0.134 e. The summed E-state index contributed by atoms with van der Waals surface area (Å²) in [5.74, 6) is 0.971. The Morgan fingerprint density at radius 3 is 2.75 bits per heavy atom. The van der Waals surface area contributed by atoms with Crippen LogP contribution < -0.4 is 10.6 Å². The van der Waals surface area contributed by atoms with Crippen molar-refractivity contribution in [1.82, 2.24) is 4.98 Å². The molecule has 1 aromatic heterocycles. The molecule has 0 aliphatic rings. The number of pyridine rings is 1. The number of anilines is 3. The fourth-order valence-electron chi connectivity index (χ4n) is 1.45. The molecule has 0 atom stereocenters. The monoisotopic (exact) mass is 215 g/mol. The van der Waals surface area contributed by atoms with Gasteiger partial charge in [0, 0.05) is 36.8 Å². The van der Waals surface area contributed by atoms with Gasteiger partial charge in [0.2, 0.25) is 0 Å². The van der Waals surface area contributed by atoms with E-state index in [1.165, 1.54) is 0 Å². The molecule has 0 aliphatic heterocycles. The Morgan fingerprint density at radius 2 is 2.06 bits per heavy atom. The zero-order valence-electron chi connectivity index (χ0n) is 8.96. The number of phenolic OH excluding ortho intramolecular Hbond substituents is 1. The van der Waals surface area contributed by atoms with Crippen molar-refractivity contribution in [2.24, 2.45) is 0 Å². The van der Waals surface area contributed by atoms with Crippen molar-refractivity contribution in [3.63, 3.8) is 0 Å². The van der Waals surface area contributed by atoms with Crippen molar-refractivity contribution in [2.75, 3.05) is 17.7 Å². The summed E-state index contributed by atoms with van der Waals surface area (Å²) in [4.78, 5) is 6.07. The Labute approximate surface area is 94.0 Å². The van der Waals surface area contributed by atoms with Crippen LogP contribution in [0.25, 0.3) is 0 Å². The molecule has 0 aliphatic carbocycles. The van der Waals surface area contributed by atoms with Gasteiger partial charge in [-0.05, 0) is 18.2 Å². The molecule has 0 saturated heterocycles. The molecule has 4 nitrogen and oxygen atoms in total. The fraction of sp³-hybridized carbons (Fsp3) is 0.0833. The Balaban J connectivity index is 2.35. The summed E-state index contributed by atoms with van der Waals surface area (Å²) in [5.41, 5.74) is 7.21. The molecule has 2 rings (SSSR count). The van der Waals surface area contributed by atoms with Crippen molar-refractivity contribution in [3.8, 4) is 5.75 Å². The van der Waals surface area contributed by atoms with E-state index in [1.807, 2.05) is 18.0 Å². The number of hydrogen-bond donors (Lipinski definition) is 2. The zero-order valence-corrected chi connectivity index (χ0v) is 8.96. The highest BCUT2D eigenvalue weighted by Gasteiger charge is 2.05. The Bertz CT molecular complexity index is 454. The van der Waals surface area contributed by atoms with Crippen LogP contribution in [-0.2, 0) is 0 Å². The number of rotatable bonds is 2. The number of nitrogens with two attached hydrogens (primary N) is 1. The van der Waals surface area contributed by atoms with Crippen molar-refractivity contribution in [2.45, 2.75) is 0 Å². The van der Waals surface area contributed by atoms with E-state index in [9.17, 15) is 5.11 Å². The number of nitrogens with zero attached hydrogens (tertiary/aromatic N) is 2. The van der Waals surface area contributed by atoms with Crippen LogP contribution in [0.15, 0.2) is 42.6 Å². The van der Waals surface area contributed by atoms with E-state index in [-0.39, 0.29) is 5.75 Å². The summed E-state index contributed by atoms with van der Waals surface area (Å²) in [6.45, 7) is 0. The van der Waals surface area contributed by atoms with Crippen molar-refractivity contribution >= 4 is 17.2 Å². The van der Waals surface area contributed by atoms with Crippen LogP contribution in [0.3, 0.4) is 0 Å². The molecule has 16 heavy (non-hydrogen) atoms. The summed E-state index contributed by atoms with van der Waals surface area (Å²) in [7, 11) is 1.87. The van der Waals surface area contributed by atoms with E-state index in [1.54, 1.807) is 36.5 Å². The molecule has 0 bridgehead atoms. The largest absolute Gasteiger partial charge is 0.508 e. The molecule has 2 aromatic rings. The average molecular weight is 215 g/mol. The lowest BCUT2D eigenvalue weighted by molar-refractivity contribution is 0.475. The van der Waals surface area contributed by atoms with Crippen LogP contribution in [0.5, 0.6) is 5.75 Å². The van der Waals surface area contributed by atoms with Gasteiger partial charge in [-0.15, -0.1) is 0 Å². The number of nitrogen functional groups attached to an aromatic ring is 1. The first-order chi connectivity index (χ1) is 7.66. The van der Waals surface area contributed by atoms with Crippen molar-refractivity contribution < 1.29 is 5.11 Å². The lowest BCUT2D eigenvalue weighted by Crippen LogP contribution is -2.11. The van der Waals surface area contributed by atoms with Crippen molar-refractivity contribution in [3.05, 3.63) is 42.6 Å². The smallest absolute Gasteiger partial charge is 0.134 e. The highest BCUT2D eigenvalue weighted by molar-refractivity contribution is 5.63. The minimum atomic E-state index is 0.230. The quantitative estimate of drug-likeness (QED) is 0.805. The fourth-order valence-corrected chi connectivity index (χ4v) is 1.45. The first-order valence-corrected chi connectivity index (χ1v) is 4.91. The highest BCUT2D eigenvalue weighted by Crippen LogP contribution is 2.25. The first-order valence-electron chi connectivity index (χ1n) is 4.91. The number of aromatic nitrogens is 1. The predicted molar refractivity (Wildman–Crippen MR) is 64.8 cm³/mol. The molecule has 0 radical (unpaired) electrons. The molecule has 0 saturated carbocycles. The van der Waals surface area contributed by atoms with E-state index in [0.717, 1.165) is 11.5 Å². The topological polar surface area (TPSA) is 62.4 Å². The van der Waals surface area contributed by atoms with Crippen LogP contribution in [0.4, 0.5) is 17.2 Å². The van der Waals surface area contributed by atoms with Gasteiger partial charge in [0.1, 0.15) is 11.6 Å². The molecule has 1 heterocycles. The first kappa shape index (κ1) is 10.3. The second kappa shape index (κ2) is 4.10. The van der Waals surface area contributed by atoms with Gasteiger partial charge in [0.05, 0.1) is 0 Å². The van der Waals surface area contributed by atoms with E-state index in [4.69, 9.17) is 5.73 Å². The maximum atomic E-state index is 9.39. The van der Waals surface area contributed by atoms with E-state index >= 15 is 0 Å². The summed E-state index contributed by atoms with van der Waals surface area (Å²) in [5, 5.41) is 9.39. The molecule has 82 valence electrons. The minimum Gasteiger partial charge on any atom is -0.508 e. The third kappa shape index (κ3) is 2.06. The molecular formula is C12H13N3O. The van der Waals surface area contributed by atoms with Crippen LogP contribution >= 0.6 is 0 Å². The van der Waals surface area contributed by atoms with E-state index in [2.05, 4.69) is 4.98 Å². The zero-order chi connectivity index (χ0) is 11.5. The van der Waals surface area contributed by atoms with Gasteiger partial charge in [-0.2, -0.15) is 0 Å². The maximum absolute atomic E-state index is 9.39. The number of aromatic hydroxyl groups is 1. The third-order valence-corrected chi connectivity index (χ3v) is 2.33. The van der Waals surface area contributed by atoms with Gasteiger partial charge < -0.3 is 15.7 Å². The molecule has 3 N–H and O–H groups in total. The molecule has 0 unspecified atom stereocenters. The Morgan fingerprint density at radius 1 is 1.25 bits per heavy atom. The Kier molecular flexibility index (Phi) is 2.64. The highest BCUT2D eigenvalue weighted by atomic mass is 16.3. The Hall–Kier alpha value is -2.23. The van der Waals surface area contributed by atoms with Crippen molar-refractivity contribution in [1.29, 1.82) is 0 Å². The molecule has 0 fully saturated rings. The molecule has 1 aromatic carbocycles. The average Bonchev–Trinajstić information content (AvgIpc) is 2.28. The van der Waals surface area contributed by atoms with Gasteiger partial charge in [-0.25, -0.2) is 4.98 Å². The summed E-state index contributed by atoms with van der Waals surface area (Å²) >= 11 is 0. The second-order valence-corrected chi connectivity index (χ2v) is 3.53. The standard InChI is InChI=1S/C12H13N3O/c1-15(10-3-2-4-11(16)8-10)12-7-9(13)5-6-14-12/h2-8,16H,1H3,(H2,13,14). The predicted octanol–water partition coefficient (Wildman–Crippen LogP) is 2.14. The van der Waals surface area contributed by atoms with Gasteiger partial charge >= 0.3 is 0 Å². The summed E-state index contributed by atoms with van der Waals surface area (Å²) < 4.78 is 0. The normalized spacial score (nSPS) is 10.1.